The van der Waals surface area contributed by atoms with E-state index in [-0.39, 0.29) is 34.0 Å². The number of ether oxygens (including phenoxy) is 5. The van der Waals surface area contributed by atoms with Gasteiger partial charge in [-0.2, -0.15) is 0 Å². The highest BCUT2D eigenvalue weighted by Gasteiger charge is 2.51. The Hall–Kier alpha value is -3.55. The second kappa shape index (κ2) is 12.8. The molecular formula is C28H32O16. The normalized spacial score (nSPS) is 32.5. The third kappa shape index (κ3) is 5.92. The van der Waals surface area contributed by atoms with E-state index in [2.05, 4.69) is 0 Å². The molecule has 240 valence electrons. The number of phenolic OH excluding ortho intramolecular Hbond substituents is 2. The topological polar surface area (TPSA) is 258 Å². The number of fused-ring (bicyclic) bond motifs is 1. The highest BCUT2D eigenvalue weighted by Crippen LogP contribution is 2.36. The summed E-state index contributed by atoms with van der Waals surface area (Å²) in [5, 5.41) is 91.7. The highest BCUT2D eigenvalue weighted by atomic mass is 16.8. The fourth-order valence-electron chi connectivity index (χ4n) is 5.06. The van der Waals surface area contributed by atoms with Gasteiger partial charge in [0.1, 0.15) is 71.0 Å². The summed E-state index contributed by atoms with van der Waals surface area (Å²) >= 11 is 0. The molecule has 0 spiro atoms. The Kier molecular flexibility index (Phi) is 9.28. The van der Waals surface area contributed by atoms with Crippen LogP contribution >= 0.6 is 0 Å². The van der Waals surface area contributed by atoms with Crippen molar-refractivity contribution in [2.24, 2.45) is 0 Å². The SMILES string of the molecule is COc1ccc(-c2cc(=O)c3c(O)cc(O[C@@H]4O[C@H](CO)[C@@H](O)[C@H](O)[C@H]4O[C@@H]4O[C@H](CO)[C@@H](O)[C@H](O)[C@H]4O)cc3o2)cc1O. The first-order valence-electron chi connectivity index (χ1n) is 13.4. The summed E-state index contributed by atoms with van der Waals surface area (Å²) in [6.07, 6.45) is -16.8. The van der Waals surface area contributed by atoms with E-state index in [9.17, 15) is 50.8 Å². The van der Waals surface area contributed by atoms with Crippen LogP contribution < -0.4 is 14.9 Å². The maximum absolute atomic E-state index is 12.9. The Bertz CT molecular complexity index is 1520. The van der Waals surface area contributed by atoms with Crippen LogP contribution in [0.25, 0.3) is 22.3 Å². The van der Waals surface area contributed by atoms with Crippen LogP contribution in [0.3, 0.4) is 0 Å². The van der Waals surface area contributed by atoms with E-state index in [4.69, 9.17) is 28.1 Å². The van der Waals surface area contributed by atoms with Crippen molar-refractivity contribution in [1.82, 2.24) is 0 Å². The van der Waals surface area contributed by atoms with E-state index in [0.717, 1.165) is 12.1 Å². The van der Waals surface area contributed by atoms with Crippen LogP contribution in [-0.2, 0) is 14.2 Å². The van der Waals surface area contributed by atoms with Gasteiger partial charge in [-0.25, -0.2) is 0 Å². The molecule has 5 rings (SSSR count). The van der Waals surface area contributed by atoms with Crippen LogP contribution in [0, 0.1) is 0 Å². The van der Waals surface area contributed by atoms with Crippen molar-refractivity contribution in [1.29, 1.82) is 0 Å². The lowest BCUT2D eigenvalue weighted by Gasteiger charge is -2.45. The number of benzene rings is 2. The minimum Gasteiger partial charge on any atom is -0.507 e. The second-order valence-electron chi connectivity index (χ2n) is 10.3. The zero-order valence-corrected chi connectivity index (χ0v) is 23.0. The number of rotatable bonds is 8. The number of aliphatic hydroxyl groups excluding tert-OH is 7. The standard InChI is InChI=1S/C28H32O16/c1-39-15-3-2-10(4-12(15)31)16-7-14(33)20-13(32)5-11(6-17(20)41-16)40-28-26(24(37)22(35)19(9-30)43-28)44-27-25(38)23(36)21(34)18(8-29)42-27/h2-7,18-19,21-32,34-38H,8-9H2,1H3/t18-,19-,21-,22-,23+,24+,25-,26-,27+,28-/m1/s1. The molecule has 0 unspecified atom stereocenters. The van der Waals surface area contributed by atoms with Crippen LogP contribution in [0.4, 0.5) is 0 Å². The predicted octanol–water partition coefficient (Wildman–Crippen LogP) is -2.12. The van der Waals surface area contributed by atoms with Crippen molar-refractivity contribution in [2.45, 2.75) is 61.4 Å². The van der Waals surface area contributed by atoms with Crippen molar-refractivity contribution < 1.29 is 74.1 Å². The van der Waals surface area contributed by atoms with Gasteiger partial charge in [0.2, 0.25) is 6.29 Å². The number of aliphatic hydroxyl groups is 7. The fraction of sp³-hybridized carbons (Fsp3) is 0.464. The van der Waals surface area contributed by atoms with Crippen LogP contribution in [-0.4, -0.2) is 128 Å². The molecule has 2 aliphatic rings. The third-order valence-electron chi connectivity index (χ3n) is 7.46. The number of aromatic hydroxyl groups is 2. The molecule has 1 aromatic heterocycles. The fourth-order valence-corrected chi connectivity index (χ4v) is 5.06. The zero-order chi connectivity index (χ0) is 31.9. The van der Waals surface area contributed by atoms with Gasteiger partial charge in [-0.1, -0.05) is 0 Å². The van der Waals surface area contributed by atoms with Gasteiger partial charge in [-0.05, 0) is 18.2 Å². The molecule has 2 fully saturated rings. The predicted molar refractivity (Wildman–Crippen MR) is 145 cm³/mol. The van der Waals surface area contributed by atoms with E-state index >= 15 is 0 Å². The summed E-state index contributed by atoms with van der Waals surface area (Å²) in [6, 6.07) is 7.66. The molecule has 10 atom stereocenters. The highest BCUT2D eigenvalue weighted by molar-refractivity contribution is 5.86. The Labute approximate surface area is 248 Å². The molecule has 0 radical (unpaired) electrons. The summed E-state index contributed by atoms with van der Waals surface area (Å²) in [5.41, 5.74) is -0.476. The van der Waals surface area contributed by atoms with Gasteiger partial charge in [0.25, 0.3) is 0 Å². The van der Waals surface area contributed by atoms with Crippen molar-refractivity contribution in [3.63, 3.8) is 0 Å². The first-order chi connectivity index (χ1) is 21.0. The summed E-state index contributed by atoms with van der Waals surface area (Å²) < 4.78 is 33.2. The molecule has 16 nitrogen and oxygen atoms in total. The monoisotopic (exact) mass is 624 g/mol. The van der Waals surface area contributed by atoms with Gasteiger partial charge in [-0.3, -0.25) is 4.79 Å². The lowest BCUT2D eigenvalue weighted by atomic mass is 9.97. The quantitative estimate of drug-likeness (QED) is 0.130. The molecule has 16 heteroatoms. The maximum Gasteiger partial charge on any atom is 0.229 e. The van der Waals surface area contributed by atoms with Crippen molar-refractivity contribution in [3.8, 4) is 34.3 Å². The molecule has 0 aliphatic carbocycles. The summed E-state index contributed by atoms with van der Waals surface area (Å²) in [4.78, 5) is 12.9. The molecule has 0 saturated carbocycles. The van der Waals surface area contributed by atoms with Gasteiger partial charge in [0.05, 0.1) is 20.3 Å². The number of hydrogen-bond acceptors (Lipinski definition) is 16. The molecule has 0 bridgehead atoms. The van der Waals surface area contributed by atoms with E-state index in [0.29, 0.717) is 5.56 Å². The van der Waals surface area contributed by atoms with Crippen LogP contribution in [0.2, 0.25) is 0 Å². The van der Waals surface area contributed by atoms with Gasteiger partial charge in [0, 0.05) is 23.8 Å². The minimum absolute atomic E-state index is 0.0219. The van der Waals surface area contributed by atoms with Crippen LogP contribution in [0.5, 0.6) is 23.0 Å². The molecule has 2 aliphatic heterocycles. The number of phenols is 2. The molecule has 2 saturated heterocycles. The molecule has 2 aromatic carbocycles. The molecule has 3 aromatic rings. The number of hydrogen-bond donors (Lipinski definition) is 9. The lowest BCUT2D eigenvalue weighted by Crippen LogP contribution is -2.65. The summed E-state index contributed by atoms with van der Waals surface area (Å²) in [7, 11) is 1.37. The lowest BCUT2D eigenvalue weighted by molar-refractivity contribution is -0.357. The van der Waals surface area contributed by atoms with Crippen molar-refractivity contribution >= 4 is 11.0 Å². The third-order valence-corrected chi connectivity index (χ3v) is 7.46. The zero-order valence-electron chi connectivity index (χ0n) is 23.0. The van der Waals surface area contributed by atoms with Crippen LogP contribution in [0.1, 0.15) is 0 Å². The van der Waals surface area contributed by atoms with E-state index in [1.165, 1.54) is 31.4 Å². The van der Waals surface area contributed by atoms with E-state index < -0.39 is 85.8 Å². The second-order valence-corrected chi connectivity index (χ2v) is 10.3. The Morgan fingerprint density at radius 2 is 1.43 bits per heavy atom. The molecule has 3 heterocycles. The van der Waals surface area contributed by atoms with Gasteiger partial charge in [0.15, 0.2) is 29.3 Å². The first-order valence-corrected chi connectivity index (χ1v) is 13.4. The van der Waals surface area contributed by atoms with Gasteiger partial charge >= 0.3 is 0 Å². The largest absolute Gasteiger partial charge is 0.507 e. The molecule has 9 N–H and O–H groups in total. The average molecular weight is 625 g/mol. The first kappa shape index (κ1) is 31.9. The smallest absolute Gasteiger partial charge is 0.229 e. The number of methoxy groups -OCH3 is 1. The molecule has 44 heavy (non-hydrogen) atoms. The minimum atomic E-state index is -1.87. The molecule has 0 amide bonds. The summed E-state index contributed by atoms with van der Waals surface area (Å²) in [6.45, 7) is -1.52. The van der Waals surface area contributed by atoms with E-state index in [1.54, 1.807) is 0 Å². The van der Waals surface area contributed by atoms with Gasteiger partial charge < -0.3 is 74.1 Å². The van der Waals surface area contributed by atoms with Crippen LogP contribution in [0.15, 0.2) is 45.6 Å². The van der Waals surface area contributed by atoms with Crippen molar-refractivity contribution in [2.75, 3.05) is 20.3 Å². The Morgan fingerprint density at radius 3 is 2.07 bits per heavy atom. The Balaban J connectivity index is 1.48. The molecular weight excluding hydrogens is 592 g/mol. The maximum atomic E-state index is 12.9. The van der Waals surface area contributed by atoms with E-state index in [1.807, 2.05) is 0 Å². The summed E-state index contributed by atoms with van der Waals surface area (Å²) in [5.74, 6) is -0.760. The Morgan fingerprint density at radius 1 is 0.773 bits per heavy atom. The average Bonchev–Trinajstić information content (AvgIpc) is 3.00. The van der Waals surface area contributed by atoms with Gasteiger partial charge in [-0.15, -0.1) is 0 Å². The van der Waals surface area contributed by atoms with Crippen molar-refractivity contribution in [3.05, 3.63) is 46.6 Å².